The molecule has 2 aliphatic carbocycles. The molecule has 0 atom stereocenters. The van der Waals surface area contributed by atoms with Crippen LogP contribution in [0.4, 0.5) is 11.6 Å². The zero-order valence-corrected chi connectivity index (χ0v) is 22.2. The van der Waals surface area contributed by atoms with E-state index in [4.69, 9.17) is 20.6 Å². The van der Waals surface area contributed by atoms with Gasteiger partial charge in [0, 0.05) is 43.8 Å². The summed E-state index contributed by atoms with van der Waals surface area (Å²) >= 11 is 1.58. The fourth-order valence-corrected chi connectivity index (χ4v) is 5.08. The summed E-state index contributed by atoms with van der Waals surface area (Å²) in [6.45, 7) is 4.45. The number of nitrogens with one attached hydrogen (secondary N) is 2. The highest BCUT2D eigenvalue weighted by Crippen LogP contribution is 2.27. The van der Waals surface area contributed by atoms with Gasteiger partial charge in [-0.05, 0) is 50.6 Å². The second kappa shape index (κ2) is 12.7. The Hall–Kier alpha value is -3.76. The van der Waals surface area contributed by atoms with Crippen LogP contribution in [0.1, 0.15) is 42.5 Å². The van der Waals surface area contributed by atoms with E-state index in [0.29, 0.717) is 24.4 Å². The van der Waals surface area contributed by atoms with E-state index in [9.17, 15) is 0 Å². The van der Waals surface area contributed by atoms with Crippen molar-refractivity contribution in [3.8, 4) is 0 Å². The predicted molar refractivity (Wildman–Crippen MR) is 151 cm³/mol. The van der Waals surface area contributed by atoms with E-state index in [1.54, 1.807) is 16.8 Å². The third-order valence-electron chi connectivity index (χ3n) is 6.57. The molecule has 198 valence electrons. The Bertz CT molecular complexity index is 1290. The highest BCUT2D eigenvalue weighted by atomic mass is 32.1. The van der Waals surface area contributed by atoms with Crippen molar-refractivity contribution in [2.24, 2.45) is 0 Å². The number of thiazole rings is 1. The molecule has 38 heavy (non-hydrogen) atoms. The normalized spacial score (nSPS) is 17.7. The Kier molecular flexibility index (Phi) is 8.62. The fraction of sp³-hybridized carbons (Fsp3) is 0.357. The molecule has 0 bridgehead atoms. The molecular formula is C28H33N7O2S. The first kappa shape index (κ1) is 25.9. The van der Waals surface area contributed by atoms with Crippen molar-refractivity contribution in [2.45, 2.75) is 38.7 Å². The zero-order chi connectivity index (χ0) is 26.2. The first-order valence-corrected chi connectivity index (χ1v) is 13.9. The highest BCUT2D eigenvalue weighted by Gasteiger charge is 2.19. The van der Waals surface area contributed by atoms with Crippen molar-refractivity contribution in [2.75, 3.05) is 37.2 Å². The Morgan fingerprint density at radius 1 is 1.18 bits per heavy atom. The van der Waals surface area contributed by atoms with Crippen LogP contribution in [0.15, 0.2) is 77.3 Å². The van der Waals surface area contributed by atoms with Gasteiger partial charge in [0.1, 0.15) is 41.8 Å². The molecule has 9 nitrogen and oxygen atoms in total. The minimum absolute atomic E-state index is 0.277. The number of nitrogens with zero attached hydrogens (tertiary/aromatic N) is 4. The van der Waals surface area contributed by atoms with Crippen LogP contribution >= 0.6 is 11.3 Å². The third-order valence-corrected chi connectivity index (χ3v) is 7.32. The van der Waals surface area contributed by atoms with E-state index < -0.39 is 0 Å². The van der Waals surface area contributed by atoms with Gasteiger partial charge < -0.3 is 25.4 Å². The van der Waals surface area contributed by atoms with E-state index in [1.165, 1.54) is 19.2 Å². The summed E-state index contributed by atoms with van der Waals surface area (Å²) in [6, 6.07) is 0. The van der Waals surface area contributed by atoms with Crippen molar-refractivity contribution in [1.82, 2.24) is 19.9 Å². The smallest absolute Gasteiger partial charge is 0.141 e. The Morgan fingerprint density at radius 2 is 2.08 bits per heavy atom. The van der Waals surface area contributed by atoms with Gasteiger partial charge in [0.15, 0.2) is 0 Å². The SMILES string of the molecule is N=C(C1=CC=C(OC2=CC(OCc3cncs3)=CCC2)CC=C1)c1c(N)ncnc1NCCN1CCCC1. The van der Waals surface area contributed by atoms with Crippen molar-refractivity contribution in [1.29, 1.82) is 5.41 Å². The molecule has 2 aromatic heterocycles. The van der Waals surface area contributed by atoms with E-state index in [-0.39, 0.29) is 11.5 Å². The summed E-state index contributed by atoms with van der Waals surface area (Å²) in [5.41, 5.74) is 9.54. The predicted octanol–water partition coefficient (Wildman–Crippen LogP) is 4.96. The first-order chi connectivity index (χ1) is 18.7. The number of ether oxygens (including phenoxy) is 2. The van der Waals surface area contributed by atoms with Crippen LogP contribution in [-0.2, 0) is 16.1 Å². The van der Waals surface area contributed by atoms with E-state index >= 15 is 0 Å². The Morgan fingerprint density at radius 3 is 2.92 bits per heavy atom. The molecule has 3 heterocycles. The number of aromatic nitrogens is 3. The molecule has 1 saturated heterocycles. The molecule has 0 radical (unpaired) electrons. The van der Waals surface area contributed by atoms with Crippen LogP contribution in [0.3, 0.4) is 0 Å². The minimum Gasteiger partial charge on any atom is -0.488 e. The van der Waals surface area contributed by atoms with Crippen molar-refractivity contribution in [3.05, 3.63) is 87.8 Å². The summed E-state index contributed by atoms with van der Waals surface area (Å²) in [4.78, 5) is 16.1. The molecular weight excluding hydrogens is 498 g/mol. The van der Waals surface area contributed by atoms with Crippen molar-refractivity contribution >= 4 is 28.7 Å². The monoisotopic (exact) mass is 531 g/mol. The average Bonchev–Trinajstić information content (AvgIpc) is 3.59. The van der Waals surface area contributed by atoms with E-state index in [0.717, 1.165) is 66.7 Å². The zero-order valence-electron chi connectivity index (χ0n) is 21.4. The number of nitrogens with two attached hydrogens (primary N) is 1. The quantitative estimate of drug-likeness (QED) is 0.348. The summed E-state index contributed by atoms with van der Waals surface area (Å²) in [7, 11) is 0. The maximum absolute atomic E-state index is 8.92. The van der Waals surface area contributed by atoms with E-state index in [1.807, 2.05) is 36.6 Å². The summed E-state index contributed by atoms with van der Waals surface area (Å²) in [5.74, 6) is 3.36. The van der Waals surface area contributed by atoms with Crippen LogP contribution in [0.5, 0.6) is 0 Å². The lowest BCUT2D eigenvalue weighted by Crippen LogP contribution is -2.27. The van der Waals surface area contributed by atoms with Crippen LogP contribution < -0.4 is 11.1 Å². The topological polar surface area (TPSA) is 122 Å². The maximum Gasteiger partial charge on any atom is 0.141 e. The van der Waals surface area contributed by atoms with Gasteiger partial charge in [-0.3, -0.25) is 10.4 Å². The lowest BCUT2D eigenvalue weighted by Gasteiger charge is -2.17. The number of nitrogen functional groups attached to an aromatic ring is 1. The lowest BCUT2D eigenvalue weighted by molar-refractivity contribution is 0.203. The van der Waals surface area contributed by atoms with Gasteiger partial charge in [0.05, 0.1) is 21.7 Å². The van der Waals surface area contributed by atoms with Crippen LogP contribution in [0.25, 0.3) is 0 Å². The average molecular weight is 532 g/mol. The van der Waals surface area contributed by atoms with Crippen LogP contribution in [0, 0.1) is 5.41 Å². The van der Waals surface area contributed by atoms with Crippen LogP contribution in [-0.4, -0.2) is 51.7 Å². The number of likely N-dealkylation sites (tertiary alicyclic amines) is 1. The van der Waals surface area contributed by atoms with Gasteiger partial charge in [-0.2, -0.15) is 0 Å². The largest absolute Gasteiger partial charge is 0.488 e. The molecule has 10 heteroatoms. The van der Waals surface area contributed by atoms with Gasteiger partial charge in [0.25, 0.3) is 0 Å². The third kappa shape index (κ3) is 6.76. The van der Waals surface area contributed by atoms with Crippen LogP contribution in [0.2, 0.25) is 0 Å². The maximum atomic E-state index is 8.92. The molecule has 3 aliphatic rings. The molecule has 0 amide bonds. The summed E-state index contributed by atoms with van der Waals surface area (Å²) in [5, 5.41) is 12.3. The van der Waals surface area contributed by atoms with Crippen molar-refractivity contribution < 1.29 is 9.47 Å². The molecule has 2 aromatic rings. The number of rotatable bonds is 11. The summed E-state index contributed by atoms with van der Waals surface area (Å²) in [6.07, 6.45) is 19.8. The second-order valence-corrected chi connectivity index (χ2v) is 10.3. The molecule has 4 N–H and O–H groups in total. The molecule has 1 aliphatic heterocycles. The van der Waals surface area contributed by atoms with Gasteiger partial charge in [-0.15, -0.1) is 11.3 Å². The number of hydrogen-bond donors (Lipinski definition) is 3. The molecule has 0 unspecified atom stereocenters. The highest BCUT2D eigenvalue weighted by molar-refractivity contribution is 7.09. The number of allylic oxidation sites excluding steroid dienone is 8. The molecule has 5 rings (SSSR count). The molecule has 0 spiro atoms. The van der Waals surface area contributed by atoms with Gasteiger partial charge in [0.2, 0.25) is 0 Å². The van der Waals surface area contributed by atoms with Gasteiger partial charge in [-0.25, -0.2) is 9.97 Å². The summed E-state index contributed by atoms with van der Waals surface area (Å²) < 4.78 is 12.1. The standard InChI is InChI=1S/C28H33N7O2S/c29-26(25-27(30)33-18-34-28(25)32-11-14-35-12-1-2-13-35)20-5-3-6-21(10-9-20)37-23-8-4-7-22(15-23)36-17-24-16-31-19-38-24/h3,5,7,9-10,15-16,18-19,29H,1-2,4,6,8,11-14,17H2,(H3,30,32,33,34). The number of anilines is 2. The van der Waals surface area contributed by atoms with Gasteiger partial charge in [-0.1, -0.05) is 12.2 Å². The Balaban J connectivity index is 1.23. The molecule has 1 fully saturated rings. The van der Waals surface area contributed by atoms with E-state index in [2.05, 4.69) is 31.2 Å². The molecule has 0 aromatic carbocycles. The fourth-order valence-electron chi connectivity index (χ4n) is 4.58. The number of hydrogen-bond acceptors (Lipinski definition) is 10. The van der Waals surface area contributed by atoms with Crippen molar-refractivity contribution in [3.63, 3.8) is 0 Å². The Labute approximate surface area is 227 Å². The second-order valence-electron chi connectivity index (χ2n) is 9.31. The minimum atomic E-state index is 0.277. The lowest BCUT2D eigenvalue weighted by atomic mass is 10.0. The molecule has 0 saturated carbocycles. The first-order valence-electron chi connectivity index (χ1n) is 13.0. The van der Waals surface area contributed by atoms with Gasteiger partial charge >= 0.3 is 0 Å².